The molecule has 0 saturated carbocycles. The molecule has 2 aromatic rings. The Labute approximate surface area is 123 Å². The third-order valence-corrected chi connectivity index (χ3v) is 3.50. The summed E-state index contributed by atoms with van der Waals surface area (Å²) in [4.78, 5) is 15.8. The van der Waals surface area contributed by atoms with Gasteiger partial charge in [-0.15, -0.1) is 0 Å². The zero-order valence-electron chi connectivity index (χ0n) is 11.0. The maximum Gasteiger partial charge on any atom is 0.360 e. The second-order valence-electron chi connectivity index (χ2n) is 4.04. The highest BCUT2D eigenvalue weighted by molar-refractivity contribution is 9.10. The summed E-state index contributed by atoms with van der Waals surface area (Å²) >= 11 is 3.34. The van der Waals surface area contributed by atoms with E-state index in [0.29, 0.717) is 22.4 Å². The van der Waals surface area contributed by atoms with Gasteiger partial charge in [0, 0.05) is 10.9 Å². The monoisotopic (exact) mass is 341 g/mol. The van der Waals surface area contributed by atoms with Crippen LogP contribution >= 0.6 is 15.9 Å². The number of anilines is 1. The number of benzene rings is 1. The number of imidazole rings is 1. The van der Waals surface area contributed by atoms with Crippen LogP contribution in [0.3, 0.4) is 0 Å². The molecule has 0 unspecified atom stereocenters. The number of carbonyl (C=O) groups is 1. The van der Waals surface area contributed by atoms with Gasteiger partial charge in [-0.2, -0.15) is 0 Å². The zero-order valence-corrected chi connectivity index (χ0v) is 12.6. The number of nitrogens with two attached hydrogens (primary N) is 1. The molecule has 0 aliphatic heterocycles. The van der Waals surface area contributed by atoms with Crippen molar-refractivity contribution in [3.63, 3.8) is 0 Å². The summed E-state index contributed by atoms with van der Waals surface area (Å²) in [5, 5.41) is 0. The normalized spacial score (nSPS) is 10.6. The van der Waals surface area contributed by atoms with Gasteiger partial charge in [-0.1, -0.05) is 6.92 Å². The summed E-state index contributed by atoms with van der Waals surface area (Å²) in [5.74, 6) is -0.351. The first kappa shape index (κ1) is 14.5. The SMILES string of the molecule is CCc1nc(C(=O)OC)c(N)n1-c1cc(F)ccc1Br. The summed E-state index contributed by atoms with van der Waals surface area (Å²) < 4.78 is 20.3. The van der Waals surface area contributed by atoms with Gasteiger partial charge in [0.15, 0.2) is 5.69 Å². The predicted octanol–water partition coefficient (Wildman–Crippen LogP) is 2.71. The highest BCUT2D eigenvalue weighted by Gasteiger charge is 2.22. The van der Waals surface area contributed by atoms with E-state index in [0.717, 1.165) is 0 Å². The molecule has 1 heterocycles. The lowest BCUT2D eigenvalue weighted by Gasteiger charge is -2.11. The molecule has 20 heavy (non-hydrogen) atoms. The van der Waals surface area contributed by atoms with Crippen LogP contribution in [-0.2, 0) is 11.2 Å². The minimum Gasteiger partial charge on any atom is -0.464 e. The molecule has 2 N–H and O–H groups in total. The molecule has 7 heteroatoms. The number of esters is 1. The first-order chi connectivity index (χ1) is 9.49. The smallest absolute Gasteiger partial charge is 0.360 e. The standard InChI is InChI=1S/C13H13BrFN3O2/c1-3-10-17-11(13(19)20-2)12(16)18(10)9-6-7(15)4-5-8(9)14/h4-6H,3,16H2,1-2H3. The van der Waals surface area contributed by atoms with E-state index < -0.39 is 11.8 Å². The first-order valence-electron chi connectivity index (χ1n) is 5.90. The maximum absolute atomic E-state index is 13.4. The number of hydrogen-bond donors (Lipinski definition) is 1. The highest BCUT2D eigenvalue weighted by Crippen LogP contribution is 2.28. The van der Waals surface area contributed by atoms with Gasteiger partial charge in [0.05, 0.1) is 12.8 Å². The molecule has 5 nitrogen and oxygen atoms in total. The quantitative estimate of drug-likeness (QED) is 0.871. The molecule has 0 aliphatic carbocycles. The Kier molecular flexibility index (Phi) is 4.08. The van der Waals surface area contributed by atoms with Crippen molar-refractivity contribution < 1.29 is 13.9 Å². The van der Waals surface area contributed by atoms with E-state index in [2.05, 4.69) is 25.7 Å². The van der Waals surface area contributed by atoms with Crippen molar-refractivity contribution in [2.45, 2.75) is 13.3 Å². The predicted molar refractivity (Wildman–Crippen MR) is 76.4 cm³/mol. The number of nitrogens with zero attached hydrogens (tertiary/aromatic N) is 2. The van der Waals surface area contributed by atoms with Gasteiger partial charge in [0.25, 0.3) is 0 Å². The molecule has 0 aliphatic rings. The van der Waals surface area contributed by atoms with Gasteiger partial charge in [-0.05, 0) is 34.1 Å². The number of aromatic nitrogens is 2. The Morgan fingerprint density at radius 1 is 1.55 bits per heavy atom. The molecule has 0 amide bonds. The lowest BCUT2D eigenvalue weighted by Crippen LogP contribution is -2.08. The average Bonchev–Trinajstić information content (AvgIpc) is 2.77. The maximum atomic E-state index is 13.4. The van der Waals surface area contributed by atoms with Crippen LogP contribution in [0.15, 0.2) is 22.7 Å². The van der Waals surface area contributed by atoms with Crippen molar-refractivity contribution in [2.75, 3.05) is 12.8 Å². The average molecular weight is 342 g/mol. The molecule has 0 atom stereocenters. The van der Waals surface area contributed by atoms with Crippen molar-refractivity contribution in [3.8, 4) is 5.69 Å². The van der Waals surface area contributed by atoms with E-state index in [4.69, 9.17) is 5.73 Å². The number of rotatable bonds is 3. The van der Waals surface area contributed by atoms with Crippen molar-refractivity contribution in [1.82, 2.24) is 9.55 Å². The van der Waals surface area contributed by atoms with Gasteiger partial charge >= 0.3 is 5.97 Å². The second kappa shape index (κ2) is 5.62. The number of nitrogen functional groups attached to an aromatic ring is 1. The summed E-state index contributed by atoms with van der Waals surface area (Å²) in [7, 11) is 1.25. The molecule has 0 spiro atoms. The number of methoxy groups -OCH3 is 1. The van der Waals surface area contributed by atoms with Crippen LogP contribution < -0.4 is 5.73 Å². The first-order valence-corrected chi connectivity index (χ1v) is 6.69. The number of hydrogen-bond acceptors (Lipinski definition) is 4. The molecule has 2 rings (SSSR count). The Bertz CT molecular complexity index is 670. The van der Waals surface area contributed by atoms with Gasteiger partial charge in [0.2, 0.25) is 0 Å². The van der Waals surface area contributed by atoms with E-state index in [1.165, 1.54) is 19.2 Å². The molecular weight excluding hydrogens is 329 g/mol. The second-order valence-corrected chi connectivity index (χ2v) is 4.89. The van der Waals surface area contributed by atoms with E-state index in [1.54, 1.807) is 10.6 Å². The molecular formula is C13H13BrFN3O2. The zero-order chi connectivity index (χ0) is 14.9. The van der Waals surface area contributed by atoms with Gasteiger partial charge in [0.1, 0.15) is 17.5 Å². The summed E-state index contributed by atoms with van der Waals surface area (Å²) in [6, 6.07) is 4.22. The summed E-state index contributed by atoms with van der Waals surface area (Å²) in [6.45, 7) is 1.87. The molecule has 106 valence electrons. The lowest BCUT2D eigenvalue weighted by molar-refractivity contribution is 0.0596. The third kappa shape index (κ3) is 2.40. The van der Waals surface area contributed by atoms with Crippen LogP contribution in [0.2, 0.25) is 0 Å². The Hall–Kier alpha value is -1.89. The third-order valence-electron chi connectivity index (χ3n) is 2.83. The Morgan fingerprint density at radius 3 is 2.85 bits per heavy atom. The van der Waals surface area contributed by atoms with E-state index in [1.807, 2.05) is 6.92 Å². The molecule has 0 bridgehead atoms. The van der Waals surface area contributed by atoms with Crippen molar-refractivity contribution >= 4 is 27.7 Å². The fraction of sp³-hybridized carbons (Fsp3) is 0.231. The Balaban J connectivity index is 2.70. The van der Waals surface area contributed by atoms with Crippen LogP contribution in [0.4, 0.5) is 10.2 Å². The largest absolute Gasteiger partial charge is 0.464 e. The number of aryl methyl sites for hydroxylation is 1. The fourth-order valence-electron chi connectivity index (χ4n) is 1.89. The molecule has 0 radical (unpaired) electrons. The van der Waals surface area contributed by atoms with Crippen molar-refractivity contribution in [1.29, 1.82) is 0 Å². The van der Waals surface area contributed by atoms with Gasteiger partial charge in [-0.25, -0.2) is 14.2 Å². The molecule has 1 aromatic carbocycles. The van der Waals surface area contributed by atoms with Crippen molar-refractivity contribution in [2.24, 2.45) is 0 Å². The minimum absolute atomic E-state index is 0.0283. The van der Waals surface area contributed by atoms with Crippen LogP contribution in [0.25, 0.3) is 5.69 Å². The number of halogens is 2. The van der Waals surface area contributed by atoms with E-state index in [9.17, 15) is 9.18 Å². The van der Waals surface area contributed by atoms with Gasteiger partial charge < -0.3 is 10.5 Å². The molecule has 0 saturated heterocycles. The molecule has 1 aromatic heterocycles. The lowest BCUT2D eigenvalue weighted by atomic mass is 10.3. The number of ether oxygens (including phenoxy) is 1. The summed E-state index contributed by atoms with van der Waals surface area (Å²) in [5.41, 5.74) is 6.48. The number of carbonyl (C=O) groups excluding carboxylic acids is 1. The minimum atomic E-state index is -0.622. The van der Waals surface area contributed by atoms with Gasteiger partial charge in [-0.3, -0.25) is 4.57 Å². The van der Waals surface area contributed by atoms with E-state index >= 15 is 0 Å². The summed E-state index contributed by atoms with van der Waals surface area (Å²) in [6.07, 6.45) is 0.532. The van der Waals surface area contributed by atoms with Crippen LogP contribution in [0.1, 0.15) is 23.2 Å². The van der Waals surface area contributed by atoms with Crippen LogP contribution in [0.5, 0.6) is 0 Å². The fourth-order valence-corrected chi connectivity index (χ4v) is 2.32. The van der Waals surface area contributed by atoms with Crippen LogP contribution in [-0.4, -0.2) is 22.6 Å². The van der Waals surface area contributed by atoms with Crippen molar-refractivity contribution in [3.05, 3.63) is 40.0 Å². The van der Waals surface area contributed by atoms with E-state index in [-0.39, 0.29) is 11.5 Å². The Morgan fingerprint density at radius 2 is 2.25 bits per heavy atom. The highest BCUT2D eigenvalue weighted by atomic mass is 79.9. The topological polar surface area (TPSA) is 70.1 Å². The van der Waals surface area contributed by atoms with Crippen LogP contribution in [0, 0.1) is 5.82 Å². The molecule has 0 fully saturated rings.